The third kappa shape index (κ3) is 4.00. The largest absolute Gasteiger partial charge is 0.497 e. The molecule has 1 aromatic rings. The molecule has 18 heavy (non-hydrogen) atoms. The second-order valence-electron chi connectivity index (χ2n) is 4.57. The number of carbonyl (C=O) groups excluding carboxylic acids is 1. The Hall–Kier alpha value is -1.62. The van der Waals surface area contributed by atoms with Crippen molar-refractivity contribution in [1.29, 1.82) is 0 Å². The number of carbonyl (C=O) groups is 1. The van der Waals surface area contributed by atoms with Gasteiger partial charge in [-0.25, -0.2) is 4.39 Å². The van der Waals surface area contributed by atoms with E-state index < -0.39 is 17.8 Å². The molecule has 0 aliphatic heterocycles. The van der Waals surface area contributed by atoms with Crippen LogP contribution in [0.1, 0.15) is 20.3 Å². The molecule has 0 aliphatic carbocycles. The Morgan fingerprint density at radius 1 is 1.50 bits per heavy atom. The van der Waals surface area contributed by atoms with Crippen molar-refractivity contribution >= 4 is 11.6 Å². The fraction of sp³-hybridized carbons (Fsp3) is 0.462. The van der Waals surface area contributed by atoms with Crippen molar-refractivity contribution in [3.05, 3.63) is 24.0 Å². The second-order valence-corrected chi connectivity index (χ2v) is 4.57. The molecule has 0 bridgehead atoms. The van der Waals surface area contributed by atoms with Crippen LogP contribution >= 0.6 is 0 Å². The third-order valence-corrected chi connectivity index (χ3v) is 2.49. The molecule has 1 rings (SSSR count). The van der Waals surface area contributed by atoms with Crippen molar-refractivity contribution < 1.29 is 13.9 Å². The molecule has 0 aromatic heterocycles. The third-order valence-electron chi connectivity index (χ3n) is 2.49. The highest BCUT2D eigenvalue weighted by Gasteiger charge is 2.16. The van der Waals surface area contributed by atoms with Crippen molar-refractivity contribution in [2.75, 3.05) is 12.4 Å². The van der Waals surface area contributed by atoms with Gasteiger partial charge >= 0.3 is 0 Å². The molecule has 1 amide bonds. The van der Waals surface area contributed by atoms with Gasteiger partial charge in [-0.2, -0.15) is 0 Å². The molecule has 1 aromatic carbocycles. The van der Waals surface area contributed by atoms with E-state index in [0.29, 0.717) is 18.1 Å². The van der Waals surface area contributed by atoms with Gasteiger partial charge in [0.05, 0.1) is 18.8 Å². The Morgan fingerprint density at radius 2 is 2.17 bits per heavy atom. The Labute approximate surface area is 106 Å². The number of benzene rings is 1. The quantitative estimate of drug-likeness (QED) is 0.846. The number of anilines is 1. The fourth-order valence-corrected chi connectivity index (χ4v) is 1.57. The van der Waals surface area contributed by atoms with Gasteiger partial charge in [0.25, 0.3) is 0 Å². The van der Waals surface area contributed by atoms with Crippen LogP contribution < -0.4 is 15.8 Å². The SMILES string of the molecule is COc1ccc(F)c(NC(=O)C(N)CC(C)C)c1. The van der Waals surface area contributed by atoms with Gasteiger partial charge in [-0.1, -0.05) is 13.8 Å². The van der Waals surface area contributed by atoms with Crippen molar-refractivity contribution in [3.8, 4) is 5.75 Å². The molecule has 5 heteroatoms. The minimum Gasteiger partial charge on any atom is -0.497 e. The van der Waals surface area contributed by atoms with E-state index in [1.165, 1.54) is 25.3 Å². The summed E-state index contributed by atoms with van der Waals surface area (Å²) in [5, 5.41) is 2.47. The number of ether oxygens (including phenoxy) is 1. The Morgan fingerprint density at radius 3 is 2.72 bits per heavy atom. The van der Waals surface area contributed by atoms with E-state index in [2.05, 4.69) is 5.32 Å². The number of rotatable bonds is 5. The molecule has 0 saturated carbocycles. The van der Waals surface area contributed by atoms with E-state index in [4.69, 9.17) is 10.5 Å². The molecule has 0 radical (unpaired) electrons. The first-order chi connectivity index (χ1) is 8.43. The van der Waals surface area contributed by atoms with Gasteiger partial charge in [-0.15, -0.1) is 0 Å². The van der Waals surface area contributed by atoms with E-state index >= 15 is 0 Å². The molecule has 100 valence electrons. The molecule has 0 spiro atoms. The highest BCUT2D eigenvalue weighted by atomic mass is 19.1. The van der Waals surface area contributed by atoms with Crippen LogP contribution in [0.15, 0.2) is 18.2 Å². The number of methoxy groups -OCH3 is 1. The predicted octanol–water partition coefficient (Wildman–Crippen LogP) is 2.15. The van der Waals surface area contributed by atoms with Gasteiger partial charge in [0.15, 0.2) is 0 Å². The average Bonchev–Trinajstić information content (AvgIpc) is 2.31. The molecular formula is C13H19FN2O2. The zero-order valence-corrected chi connectivity index (χ0v) is 10.9. The Kier molecular flexibility index (Phi) is 5.09. The first kappa shape index (κ1) is 14.4. The number of hydrogen-bond donors (Lipinski definition) is 2. The Balaban J connectivity index is 2.74. The maximum absolute atomic E-state index is 13.5. The van der Waals surface area contributed by atoms with Crippen LogP contribution in [-0.2, 0) is 4.79 Å². The van der Waals surface area contributed by atoms with Gasteiger partial charge in [0, 0.05) is 6.07 Å². The molecule has 1 unspecified atom stereocenters. The van der Waals surface area contributed by atoms with Crippen LogP contribution in [-0.4, -0.2) is 19.1 Å². The zero-order valence-electron chi connectivity index (χ0n) is 10.9. The standard InChI is InChI=1S/C13H19FN2O2/c1-8(2)6-11(15)13(17)16-12-7-9(18-3)4-5-10(12)14/h4-5,7-8,11H,6,15H2,1-3H3,(H,16,17). The fourth-order valence-electron chi connectivity index (χ4n) is 1.57. The summed E-state index contributed by atoms with van der Waals surface area (Å²) in [6.07, 6.45) is 0.553. The number of hydrogen-bond acceptors (Lipinski definition) is 3. The normalized spacial score (nSPS) is 12.3. The monoisotopic (exact) mass is 254 g/mol. The molecule has 3 N–H and O–H groups in total. The lowest BCUT2D eigenvalue weighted by Gasteiger charge is -2.15. The van der Waals surface area contributed by atoms with Crippen LogP contribution in [0.3, 0.4) is 0 Å². The number of nitrogens with two attached hydrogens (primary N) is 1. The van der Waals surface area contributed by atoms with E-state index in [-0.39, 0.29) is 5.69 Å². The summed E-state index contributed by atoms with van der Waals surface area (Å²) in [5.74, 6) is -0.123. The van der Waals surface area contributed by atoms with Gasteiger partial charge in [-0.3, -0.25) is 4.79 Å². The summed E-state index contributed by atoms with van der Waals surface area (Å²) in [5.41, 5.74) is 5.80. The van der Waals surface area contributed by atoms with E-state index in [1.807, 2.05) is 13.8 Å². The number of halogens is 1. The maximum Gasteiger partial charge on any atom is 0.241 e. The van der Waals surface area contributed by atoms with Gasteiger partial charge in [0.2, 0.25) is 5.91 Å². The second kappa shape index (κ2) is 6.35. The lowest BCUT2D eigenvalue weighted by Crippen LogP contribution is -2.36. The molecule has 1 atom stereocenters. The van der Waals surface area contributed by atoms with Crippen LogP contribution in [0.4, 0.5) is 10.1 Å². The van der Waals surface area contributed by atoms with Gasteiger partial charge in [-0.05, 0) is 24.5 Å². The summed E-state index contributed by atoms with van der Waals surface area (Å²) in [6, 6.07) is 3.51. The summed E-state index contributed by atoms with van der Waals surface area (Å²) in [4.78, 5) is 11.8. The summed E-state index contributed by atoms with van der Waals surface area (Å²) in [7, 11) is 1.48. The first-order valence-corrected chi connectivity index (χ1v) is 5.84. The van der Waals surface area contributed by atoms with Crippen molar-refractivity contribution in [1.82, 2.24) is 0 Å². The van der Waals surface area contributed by atoms with E-state index in [0.717, 1.165) is 0 Å². The predicted molar refractivity (Wildman–Crippen MR) is 69.0 cm³/mol. The van der Waals surface area contributed by atoms with Crippen LogP contribution in [0.2, 0.25) is 0 Å². The molecule has 0 aliphatic rings. The van der Waals surface area contributed by atoms with Crippen molar-refractivity contribution in [3.63, 3.8) is 0 Å². The van der Waals surface area contributed by atoms with Gasteiger partial charge < -0.3 is 15.8 Å². The lowest BCUT2D eigenvalue weighted by atomic mass is 10.0. The van der Waals surface area contributed by atoms with E-state index in [9.17, 15) is 9.18 Å². The topological polar surface area (TPSA) is 64.3 Å². The molecule has 4 nitrogen and oxygen atoms in total. The van der Waals surface area contributed by atoms with Gasteiger partial charge in [0.1, 0.15) is 11.6 Å². The molecule has 0 fully saturated rings. The van der Waals surface area contributed by atoms with E-state index in [1.54, 1.807) is 0 Å². The molecule has 0 heterocycles. The summed E-state index contributed by atoms with van der Waals surface area (Å²) < 4.78 is 18.4. The number of nitrogens with one attached hydrogen (secondary N) is 1. The minimum atomic E-state index is -0.643. The maximum atomic E-state index is 13.5. The van der Waals surface area contributed by atoms with Crippen LogP contribution in [0.5, 0.6) is 5.75 Å². The lowest BCUT2D eigenvalue weighted by molar-refractivity contribution is -0.117. The molecule has 0 saturated heterocycles. The first-order valence-electron chi connectivity index (χ1n) is 5.84. The highest BCUT2D eigenvalue weighted by molar-refractivity contribution is 5.94. The Bertz CT molecular complexity index is 421. The zero-order chi connectivity index (χ0) is 13.7. The number of amides is 1. The summed E-state index contributed by atoms with van der Waals surface area (Å²) in [6.45, 7) is 3.94. The minimum absolute atomic E-state index is 0.0820. The van der Waals surface area contributed by atoms with Crippen molar-refractivity contribution in [2.45, 2.75) is 26.3 Å². The van der Waals surface area contributed by atoms with Crippen LogP contribution in [0.25, 0.3) is 0 Å². The van der Waals surface area contributed by atoms with Crippen LogP contribution in [0, 0.1) is 11.7 Å². The average molecular weight is 254 g/mol. The highest BCUT2D eigenvalue weighted by Crippen LogP contribution is 2.21. The van der Waals surface area contributed by atoms with Crippen molar-refractivity contribution in [2.24, 2.45) is 11.7 Å². The smallest absolute Gasteiger partial charge is 0.241 e. The summed E-state index contributed by atoms with van der Waals surface area (Å²) >= 11 is 0. The molecular weight excluding hydrogens is 235 g/mol.